The molecule has 0 aliphatic carbocycles. The van der Waals surface area contributed by atoms with E-state index in [-0.39, 0.29) is 12.5 Å². The van der Waals surface area contributed by atoms with Crippen LogP contribution in [0.5, 0.6) is 0 Å². The second kappa shape index (κ2) is 11.2. The summed E-state index contributed by atoms with van der Waals surface area (Å²) in [6.07, 6.45) is 1.08. The van der Waals surface area contributed by atoms with E-state index in [1.54, 1.807) is 19.1 Å². The summed E-state index contributed by atoms with van der Waals surface area (Å²) in [5.41, 5.74) is 2.89. The Labute approximate surface area is 210 Å². The van der Waals surface area contributed by atoms with Crippen molar-refractivity contribution in [2.75, 3.05) is 17.1 Å². The maximum atomic E-state index is 13.6. The maximum Gasteiger partial charge on any atom is 0.244 e. The molecule has 1 N–H and O–H groups in total. The van der Waals surface area contributed by atoms with Crippen LogP contribution in [0.25, 0.3) is 0 Å². The molecule has 0 aliphatic heterocycles. The number of aryl methyl sites for hydroxylation is 1. The molecule has 2 amide bonds. The smallest absolute Gasteiger partial charge is 0.244 e. The Hall–Kier alpha value is -2.87. The molecule has 0 aliphatic rings. The minimum Gasteiger partial charge on any atom is -0.350 e. The quantitative estimate of drug-likeness (QED) is 0.557. The van der Waals surface area contributed by atoms with Gasteiger partial charge < -0.3 is 10.2 Å². The van der Waals surface area contributed by atoms with Crippen LogP contribution in [0.4, 0.5) is 5.69 Å². The van der Waals surface area contributed by atoms with Gasteiger partial charge in [0.05, 0.1) is 11.9 Å². The van der Waals surface area contributed by atoms with Gasteiger partial charge in [0.2, 0.25) is 21.8 Å². The summed E-state index contributed by atoms with van der Waals surface area (Å²) >= 11 is 0. The molecule has 0 saturated heterocycles. The van der Waals surface area contributed by atoms with Crippen molar-refractivity contribution in [1.29, 1.82) is 0 Å². The van der Waals surface area contributed by atoms with Gasteiger partial charge in [-0.25, -0.2) is 8.42 Å². The zero-order valence-corrected chi connectivity index (χ0v) is 22.9. The molecule has 0 heterocycles. The molecule has 2 rings (SSSR count). The standard InChI is InChI=1S/C27H39N3O4S/c1-19(2)22-13-15-24(16-14-22)30(35(8,33)34)18-25(31)29(17-23-12-10-9-11-20(23)3)21(4)26(32)28-27(5,6)7/h9-16,19,21H,17-18H2,1-8H3,(H,28,32). The topological polar surface area (TPSA) is 86.8 Å². The third-order valence-electron chi connectivity index (χ3n) is 5.79. The van der Waals surface area contributed by atoms with E-state index >= 15 is 0 Å². The van der Waals surface area contributed by atoms with Crippen LogP contribution in [0.3, 0.4) is 0 Å². The predicted octanol–water partition coefficient (Wildman–Crippen LogP) is 4.22. The summed E-state index contributed by atoms with van der Waals surface area (Å²) < 4.78 is 26.5. The first kappa shape index (κ1) is 28.4. The van der Waals surface area contributed by atoms with E-state index < -0.39 is 34.1 Å². The predicted molar refractivity (Wildman–Crippen MR) is 142 cm³/mol. The van der Waals surface area contributed by atoms with Crippen LogP contribution in [0.1, 0.15) is 64.2 Å². The highest BCUT2D eigenvalue weighted by Crippen LogP contribution is 2.23. The third kappa shape index (κ3) is 8.09. The van der Waals surface area contributed by atoms with E-state index in [4.69, 9.17) is 0 Å². The number of amides is 2. The van der Waals surface area contributed by atoms with Gasteiger partial charge in [-0.05, 0) is 69.4 Å². The fourth-order valence-corrected chi connectivity index (χ4v) is 4.52. The van der Waals surface area contributed by atoms with Gasteiger partial charge in [-0.3, -0.25) is 13.9 Å². The second-order valence-corrected chi connectivity index (χ2v) is 12.3. The minimum atomic E-state index is -3.75. The number of carbonyl (C=O) groups is 2. The highest BCUT2D eigenvalue weighted by molar-refractivity contribution is 7.92. The number of hydrogen-bond acceptors (Lipinski definition) is 4. The summed E-state index contributed by atoms with van der Waals surface area (Å²) in [4.78, 5) is 28.1. The van der Waals surface area contributed by atoms with Gasteiger partial charge in [0.15, 0.2) is 0 Å². The zero-order valence-electron chi connectivity index (χ0n) is 22.1. The third-order valence-corrected chi connectivity index (χ3v) is 6.93. The maximum absolute atomic E-state index is 13.6. The first-order chi connectivity index (χ1) is 16.1. The molecular weight excluding hydrogens is 462 g/mol. The molecule has 192 valence electrons. The first-order valence-electron chi connectivity index (χ1n) is 11.8. The lowest BCUT2D eigenvalue weighted by atomic mass is 10.0. The zero-order chi connectivity index (χ0) is 26.6. The summed E-state index contributed by atoms with van der Waals surface area (Å²) in [6, 6.07) is 14.0. The van der Waals surface area contributed by atoms with Gasteiger partial charge in [0, 0.05) is 12.1 Å². The normalized spacial score (nSPS) is 12.8. The molecule has 0 radical (unpaired) electrons. The van der Waals surface area contributed by atoms with Crippen molar-refractivity contribution >= 4 is 27.5 Å². The van der Waals surface area contributed by atoms with Crippen LogP contribution in [0.2, 0.25) is 0 Å². The first-order valence-corrected chi connectivity index (χ1v) is 13.7. The van der Waals surface area contributed by atoms with E-state index in [2.05, 4.69) is 19.2 Å². The Bertz CT molecular complexity index is 1140. The van der Waals surface area contributed by atoms with Gasteiger partial charge in [0.25, 0.3) is 0 Å². The van der Waals surface area contributed by atoms with E-state index in [0.717, 1.165) is 27.3 Å². The number of hydrogen-bond donors (Lipinski definition) is 1. The van der Waals surface area contributed by atoms with Gasteiger partial charge in [-0.2, -0.15) is 0 Å². The monoisotopic (exact) mass is 501 g/mol. The molecule has 2 aromatic carbocycles. The largest absolute Gasteiger partial charge is 0.350 e. The van der Waals surface area contributed by atoms with Crippen molar-refractivity contribution in [2.45, 2.75) is 72.5 Å². The lowest BCUT2D eigenvalue weighted by molar-refractivity contribution is -0.140. The molecule has 2 aromatic rings. The molecule has 1 atom stereocenters. The lowest BCUT2D eigenvalue weighted by Crippen LogP contribution is -2.54. The van der Waals surface area contributed by atoms with E-state index in [9.17, 15) is 18.0 Å². The van der Waals surface area contributed by atoms with Gasteiger partial charge in [-0.1, -0.05) is 50.2 Å². The Morgan fingerprint density at radius 3 is 2.03 bits per heavy atom. The van der Waals surface area contributed by atoms with Crippen molar-refractivity contribution in [3.05, 3.63) is 65.2 Å². The molecule has 0 aromatic heterocycles. The molecule has 0 fully saturated rings. The molecule has 0 bridgehead atoms. The molecule has 0 saturated carbocycles. The summed E-state index contributed by atoms with van der Waals surface area (Å²) in [5, 5.41) is 2.92. The number of carbonyl (C=O) groups excluding carboxylic acids is 2. The molecule has 1 unspecified atom stereocenters. The fourth-order valence-electron chi connectivity index (χ4n) is 3.67. The highest BCUT2D eigenvalue weighted by atomic mass is 32.2. The van der Waals surface area contributed by atoms with Crippen molar-refractivity contribution in [2.24, 2.45) is 0 Å². The number of anilines is 1. The van der Waals surface area contributed by atoms with Gasteiger partial charge >= 0.3 is 0 Å². The SMILES string of the molecule is Cc1ccccc1CN(C(=O)CN(c1ccc(C(C)C)cc1)S(C)(=O)=O)C(C)C(=O)NC(C)(C)C. The Balaban J connectivity index is 2.42. The molecule has 8 heteroatoms. The van der Waals surface area contributed by atoms with Crippen LogP contribution >= 0.6 is 0 Å². The summed E-state index contributed by atoms with van der Waals surface area (Å²) in [7, 11) is -3.75. The fraction of sp³-hybridized carbons (Fsp3) is 0.481. The molecule has 0 spiro atoms. The Morgan fingerprint density at radius 1 is 0.971 bits per heavy atom. The van der Waals surface area contributed by atoms with Crippen molar-refractivity contribution in [3.8, 4) is 0 Å². The van der Waals surface area contributed by atoms with E-state index in [1.807, 2.05) is 64.1 Å². The summed E-state index contributed by atoms with van der Waals surface area (Å²) in [6.45, 7) is 13.1. The number of benzene rings is 2. The van der Waals surface area contributed by atoms with Crippen LogP contribution in [0.15, 0.2) is 48.5 Å². The molecular formula is C27H39N3O4S. The van der Waals surface area contributed by atoms with Crippen LogP contribution in [-0.4, -0.2) is 49.5 Å². The number of sulfonamides is 1. The summed E-state index contributed by atoms with van der Waals surface area (Å²) in [5.74, 6) is -0.459. The number of nitrogens with zero attached hydrogens (tertiary/aromatic N) is 2. The molecule has 35 heavy (non-hydrogen) atoms. The average molecular weight is 502 g/mol. The number of nitrogens with one attached hydrogen (secondary N) is 1. The lowest BCUT2D eigenvalue weighted by Gasteiger charge is -2.33. The second-order valence-electron chi connectivity index (χ2n) is 10.4. The average Bonchev–Trinajstić information content (AvgIpc) is 2.74. The minimum absolute atomic E-state index is 0.189. The van der Waals surface area contributed by atoms with E-state index in [0.29, 0.717) is 11.6 Å². The molecule has 7 nitrogen and oxygen atoms in total. The number of rotatable bonds is 9. The highest BCUT2D eigenvalue weighted by Gasteiger charge is 2.31. The van der Waals surface area contributed by atoms with Crippen molar-refractivity contribution < 1.29 is 18.0 Å². The van der Waals surface area contributed by atoms with Gasteiger partial charge in [-0.15, -0.1) is 0 Å². The van der Waals surface area contributed by atoms with Crippen LogP contribution in [0, 0.1) is 6.92 Å². The Kier molecular flexibility index (Phi) is 9.11. The van der Waals surface area contributed by atoms with Crippen LogP contribution < -0.4 is 9.62 Å². The van der Waals surface area contributed by atoms with Crippen LogP contribution in [-0.2, 0) is 26.2 Å². The van der Waals surface area contributed by atoms with E-state index in [1.165, 1.54) is 4.90 Å². The van der Waals surface area contributed by atoms with Crippen molar-refractivity contribution in [1.82, 2.24) is 10.2 Å². The van der Waals surface area contributed by atoms with Crippen molar-refractivity contribution in [3.63, 3.8) is 0 Å². The Morgan fingerprint density at radius 2 is 1.54 bits per heavy atom. The van der Waals surface area contributed by atoms with Gasteiger partial charge in [0.1, 0.15) is 12.6 Å².